The van der Waals surface area contributed by atoms with Crippen molar-refractivity contribution >= 4 is 16.1 Å². The van der Waals surface area contributed by atoms with Gasteiger partial charge in [0.1, 0.15) is 0 Å². The van der Waals surface area contributed by atoms with Crippen LogP contribution in [-0.2, 0) is 10.0 Å². The van der Waals surface area contributed by atoms with E-state index in [0.29, 0.717) is 5.56 Å². The number of nitrogens with two attached hydrogens (primary N) is 1. The molecule has 1 aromatic rings. The quantitative estimate of drug-likeness (QED) is 0.725. The van der Waals surface area contributed by atoms with Crippen molar-refractivity contribution in [2.24, 2.45) is 5.14 Å². The average Bonchev–Trinajstić information content (AvgIpc) is 2.01. The van der Waals surface area contributed by atoms with Gasteiger partial charge >= 0.3 is 0 Å². The molecule has 1 rings (SSSR count). The van der Waals surface area contributed by atoms with E-state index in [-0.39, 0.29) is 10.7 Å². The summed E-state index contributed by atoms with van der Waals surface area (Å²) in [6.07, 6.45) is 1.45. The Bertz CT molecular complexity index is 459. The molecule has 76 valence electrons. The molecule has 0 heterocycles. The van der Waals surface area contributed by atoms with E-state index < -0.39 is 10.0 Å². The zero-order chi connectivity index (χ0) is 10.8. The number of rotatable bonds is 2. The fourth-order valence-corrected chi connectivity index (χ4v) is 1.59. The lowest BCUT2D eigenvalue weighted by molar-refractivity contribution is 0.420. The average molecular weight is 213 g/mol. The highest BCUT2D eigenvalue weighted by atomic mass is 32.2. The first-order valence-electron chi connectivity index (χ1n) is 3.90. The second-order valence-electron chi connectivity index (χ2n) is 2.90. The second-order valence-corrected chi connectivity index (χ2v) is 4.46. The molecule has 0 spiro atoms. The Morgan fingerprint density at radius 1 is 1.50 bits per heavy atom. The van der Waals surface area contributed by atoms with Crippen molar-refractivity contribution in [3.05, 3.63) is 35.6 Å². The van der Waals surface area contributed by atoms with E-state index in [4.69, 9.17) is 10.2 Å². The number of primary sulfonamides is 1. The molecule has 0 fully saturated rings. The van der Waals surface area contributed by atoms with Crippen LogP contribution in [0.4, 0.5) is 0 Å². The minimum absolute atomic E-state index is 0.0347. The number of allylic oxidation sites excluding steroid dienone is 1. The summed E-state index contributed by atoms with van der Waals surface area (Å²) in [6.45, 7) is 1.50. The number of sulfonamides is 1. The van der Waals surface area contributed by atoms with Crippen molar-refractivity contribution in [2.75, 3.05) is 0 Å². The van der Waals surface area contributed by atoms with Crippen molar-refractivity contribution < 1.29 is 13.5 Å². The molecule has 1 aromatic carbocycles. The molecule has 0 saturated carbocycles. The number of aliphatic hydroxyl groups excluding tert-OH is 1. The van der Waals surface area contributed by atoms with E-state index in [1.54, 1.807) is 12.1 Å². The van der Waals surface area contributed by atoms with Crippen LogP contribution < -0.4 is 5.14 Å². The third-order valence-corrected chi connectivity index (χ3v) is 2.47. The lowest BCUT2D eigenvalue weighted by Gasteiger charge is -1.99. The van der Waals surface area contributed by atoms with E-state index in [9.17, 15) is 8.42 Å². The van der Waals surface area contributed by atoms with Gasteiger partial charge in [0.25, 0.3) is 0 Å². The van der Waals surface area contributed by atoms with E-state index in [1.807, 2.05) is 0 Å². The molecule has 0 amide bonds. The van der Waals surface area contributed by atoms with Gasteiger partial charge in [-0.25, -0.2) is 13.6 Å². The maximum absolute atomic E-state index is 11.0. The third-order valence-electron chi connectivity index (χ3n) is 1.56. The minimum atomic E-state index is -3.67. The molecule has 5 heteroatoms. The summed E-state index contributed by atoms with van der Waals surface area (Å²) >= 11 is 0. The van der Waals surface area contributed by atoms with Gasteiger partial charge in [-0.1, -0.05) is 12.1 Å². The Morgan fingerprint density at radius 3 is 2.64 bits per heavy atom. The van der Waals surface area contributed by atoms with Crippen LogP contribution in [0.5, 0.6) is 0 Å². The van der Waals surface area contributed by atoms with Gasteiger partial charge < -0.3 is 5.11 Å². The van der Waals surface area contributed by atoms with E-state index in [1.165, 1.54) is 25.1 Å². The van der Waals surface area contributed by atoms with Crippen LogP contribution in [0.15, 0.2) is 34.9 Å². The normalized spacial score (nSPS) is 12.9. The first-order valence-corrected chi connectivity index (χ1v) is 5.44. The Balaban J connectivity index is 3.21. The molecule has 4 nitrogen and oxygen atoms in total. The van der Waals surface area contributed by atoms with E-state index >= 15 is 0 Å². The molecule has 0 saturated heterocycles. The molecule has 0 aliphatic rings. The summed E-state index contributed by atoms with van der Waals surface area (Å²) < 4.78 is 21.9. The highest BCUT2D eigenvalue weighted by molar-refractivity contribution is 7.89. The molecule has 0 aliphatic carbocycles. The predicted octanol–water partition coefficient (Wildman–Crippen LogP) is 1.25. The number of hydrogen-bond acceptors (Lipinski definition) is 3. The van der Waals surface area contributed by atoms with Gasteiger partial charge in [-0.15, -0.1) is 0 Å². The SMILES string of the molecule is C/C(O)=C/c1cccc(S(N)(=O)=O)c1. The predicted molar refractivity (Wildman–Crippen MR) is 54.1 cm³/mol. The Hall–Kier alpha value is -1.33. The van der Waals surface area contributed by atoms with E-state index in [0.717, 1.165) is 0 Å². The summed E-state index contributed by atoms with van der Waals surface area (Å²) in [4.78, 5) is 0.0347. The van der Waals surface area contributed by atoms with Crippen LogP contribution in [0.1, 0.15) is 12.5 Å². The summed E-state index contributed by atoms with van der Waals surface area (Å²) in [5.41, 5.74) is 0.594. The lowest BCUT2D eigenvalue weighted by atomic mass is 10.2. The fraction of sp³-hybridized carbons (Fsp3) is 0.111. The van der Waals surface area contributed by atoms with Crippen LogP contribution in [0.2, 0.25) is 0 Å². The lowest BCUT2D eigenvalue weighted by Crippen LogP contribution is -2.11. The first kappa shape index (κ1) is 10.7. The maximum atomic E-state index is 11.0. The zero-order valence-corrected chi connectivity index (χ0v) is 8.45. The van der Waals surface area contributed by atoms with Crippen LogP contribution in [0.25, 0.3) is 6.08 Å². The molecule has 0 bridgehead atoms. The number of aliphatic hydroxyl groups is 1. The third kappa shape index (κ3) is 2.86. The molecular weight excluding hydrogens is 202 g/mol. The second kappa shape index (κ2) is 3.81. The largest absolute Gasteiger partial charge is 0.513 e. The Kier molecular flexibility index (Phi) is 2.93. The van der Waals surface area contributed by atoms with Crippen molar-refractivity contribution in [2.45, 2.75) is 11.8 Å². The Morgan fingerprint density at radius 2 is 2.14 bits per heavy atom. The molecular formula is C9H11NO3S. The van der Waals surface area contributed by atoms with Crippen LogP contribution in [-0.4, -0.2) is 13.5 Å². The van der Waals surface area contributed by atoms with Gasteiger partial charge in [0.05, 0.1) is 10.7 Å². The topological polar surface area (TPSA) is 80.4 Å². The van der Waals surface area contributed by atoms with Crippen molar-refractivity contribution in [1.29, 1.82) is 0 Å². The molecule has 0 unspecified atom stereocenters. The molecule has 0 aliphatic heterocycles. The highest BCUT2D eigenvalue weighted by Gasteiger charge is 2.06. The molecule has 0 aromatic heterocycles. The van der Waals surface area contributed by atoms with Crippen LogP contribution in [0, 0.1) is 0 Å². The van der Waals surface area contributed by atoms with Crippen LogP contribution >= 0.6 is 0 Å². The van der Waals surface area contributed by atoms with Gasteiger partial charge in [0.15, 0.2) is 0 Å². The summed E-state index contributed by atoms with van der Waals surface area (Å²) in [5, 5.41) is 13.9. The van der Waals surface area contributed by atoms with Gasteiger partial charge in [-0.05, 0) is 30.7 Å². The van der Waals surface area contributed by atoms with Gasteiger partial charge in [0, 0.05) is 0 Å². The monoisotopic (exact) mass is 213 g/mol. The van der Waals surface area contributed by atoms with Crippen molar-refractivity contribution in [1.82, 2.24) is 0 Å². The maximum Gasteiger partial charge on any atom is 0.238 e. The highest BCUT2D eigenvalue weighted by Crippen LogP contribution is 2.11. The zero-order valence-electron chi connectivity index (χ0n) is 7.64. The molecule has 0 atom stereocenters. The smallest absolute Gasteiger partial charge is 0.238 e. The summed E-state index contributed by atoms with van der Waals surface area (Å²) in [7, 11) is -3.67. The number of benzene rings is 1. The summed E-state index contributed by atoms with van der Waals surface area (Å²) in [5.74, 6) is 0.108. The van der Waals surface area contributed by atoms with Crippen molar-refractivity contribution in [3.8, 4) is 0 Å². The standard InChI is InChI=1S/C9H11NO3S/c1-7(11)5-8-3-2-4-9(6-8)14(10,12)13/h2-6,11H,1H3,(H2,10,12,13)/b7-5-. The summed E-state index contributed by atoms with van der Waals surface area (Å²) in [6, 6.07) is 6.04. The van der Waals surface area contributed by atoms with Gasteiger partial charge in [-0.3, -0.25) is 0 Å². The van der Waals surface area contributed by atoms with E-state index in [2.05, 4.69) is 0 Å². The van der Waals surface area contributed by atoms with Gasteiger partial charge in [-0.2, -0.15) is 0 Å². The first-order chi connectivity index (χ1) is 6.39. The van der Waals surface area contributed by atoms with Crippen LogP contribution in [0.3, 0.4) is 0 Å². The number of hydrogen-bond donors (Lipinski definition) is 2. The molecule has 14 heavy (non-hydrogen) atoms. The fourth-order valence-electron chi connectivity index (χ4n) is 1.02. The molecule has 3 N–H and O–H groups in total. The molecule has 0 radical (unpaired) electrons. The van der Waals surface area contributed by atoms with Crippen molar-refractivity contribution in [3.63, 3.8) is 0 Å². The van der Waals surface area contributed by atoms with Gasteiger partial charge in [0.2, 0.25) is 10.0 Å². The minimum Gasteiger partial charge on any atom is -0.513 e. The Labute approximate surface area is 82.7 Å².